The number of furan rings is 1. The molecule has 0 saturated carbocycles. The number of carboxylic acid groups (broad SMARTS) is 1. The third-order valence-corrected chi connectivity index (χ3v) is 3.36. The normalized spacial score (nSPS) is 11.6. The summed E-state index contributed by atoms with van der Waals surface area (Å²) in [6.07, 6.45) is -6.06. The first-order chi connectivity index (χ1) is 9.81. The van der Waals surface area contributed by atoms with Crippen molar-refractivity contribution in [2.75, 3.05) is 0 Å². The van der Waals surface area contributed by atoms with E-state index >= 15 is 0 Å². The van der Waals surface area contributed by atoms with Crippen LogP contribution in [0.5, 0.6) is 0 Å². The van der Waals surface area contributed by atoms with Crippen molar-refractivity contribution in [2.24, 2.45) is 0 Å². The molecule has 21 heavy (non-hydrogen) atoms. The lowest BCUT2D eigenvalue weighted by Crippen LogP contribution is -2.06. The molecule has 1 N–H and O–H groups in total. The second-order valence-electron chi connectivity index (χ2n) is 3.91. The molecule has 114 valence electrons. The zero-order chi connectivity index (χ0) is 15.7. The van der Waals surface area contributed by atoms with Crippen molar-refractivity contribution in [3.05, 3.63) is 39.5 Å². The molecule has 0 saturated heterocycles. The van der Waals surface area contributed by atoms with E-state index in [2.05, 4.69) is 21.0 Å². The highest BCUT2D eigenvalue weighted by Crippen LogP contribution is 2.35. The van der Waals surface area contributed by atoms with Crippen LogP contribution in [0.2, 0.25) is 0 Å². The molecule has 0 spiro atoms. The van der Waals surface area contributed by atoms with E-state index < -0.39 is 41.2 Å². The SMILES string of the molecule is O=C(O)c1ccc(Cn2nc(C(F)F)c(Br)c2C(F)F)o1. The second-order valence-corrected chi connectivity index (χ2v) is 4.71. The molecule has 10 heteroatoms. The molecule has 2 aromatic heterocycles. The molecule has 2 rings (SSSR count). The van der Waals surface area contributed by atoms with Crippen molar-refractivity contribution >= 4 is 21.9 Å². The van der Waals surface area contributed by atoms with E-state index in [1.807, 2.05) is 0 Å². The summed E-state index contributed by atoms with van der Waals surface area (Å²) in [6, 6.07) is 2.38. The maximum Gasteiger partial charge on any atom is 0.371 e. The van der Waals surface area contributed by atoms with Crippen LogP contribution in [0.4, 0.5) is 17.6 Å². The molecule has 0 aliphatic rings. The van der Waals surface area contributed by atoms with Gasteiger partial charge < -0.3 is 9.52 Å². The molecule has 0 unspecified atom stereocenters. The van der Waals surface area contributed by atoms with Gasteiger partial charge in [0.25, 0.3) is 12.9 Å². The van der Waals surface area contributed by atoms with Crippen LogP contribution in [0.3, 0.4) is 0 Å². The van der Waals surface area contributed by atoms with E-state index in [0.29, 0.717) is 4.68 Å². The number of nitrogens with zero attached hydrogens (tertiary/aromatic N) is 2. The summed E-state index contributed by atoms with van der Waals surface area (Å²) in [5.41, 5.74) is -1.53. The predicted octanol–water partition coefficient (Wildman–Crippen LogP) is 3.86. The Bertz CT molecular complexity index is 668. The van der Waals surface area contributed by atoms with Gasteiger partial charge in [-0.05, 0) is 28.1 Å². The molecule has 0 amide bonds. The summed E-state index contributed by atoms with van der Waals surface area (Å²) in [4.78, 5) is 10.6. The van der Waals surface area contributed by atoms with Crippen LogP contribution < -0.4 is 0 Å². The standard InChI is InChI=1S/C11H7BrF4N2O3/c12-6-7(9(13)14)17-18(8(6)10(15)16)3-4-1-2-5(21-4)11(19)20/h1-2,9-10H,3H2,(H,19,20). The fourth-order valence-electron chi connectivity index (χ4n) is 1.67. The van der Waals surface area contributed by atoms with Gasteiger partial charge in [-0.1, -0.05) is 0 Å². The first-order valence-electron chi connectivity index (χ1n) is 5.45. The molecule has 0 radical (unpaired) electrons. The van der Waals surface area contributed by atoms with Crippen molar-refractivity contribution < 1.29 is 31.9 Å². The van der Waals surface area contributed by atoms with Crippen molar-refractivity contribution in [1.29, 1.82) is 0 Å². The van der Waals surface area contributed by atoms with Crippen molar-refractivity contribution in [2.45, 2.75) is 19.4 Å². The summed E-state index contributed by atoms with van der Waals surface area (Å²) in [5, 5.41) is 12.1. The van der Waals surface area contributed by atoms with Gasteiger partial charge in [-0.2, -0.15) is 5.10 Å². The fraction of sp³-hybridized carbons (Fsp3) is 0.273. The van der Waals surface area contributed by atoms with E-state index in [1.165, 1.54) is 6.07 Å². The number of alkyl halides is 4. The lowest BCUT2D eigenvalue weighted by Gasteiger charge is -2.05. The summed E-state index contributed by atoms with van der Waals surface area (Å²) >= 11 is 2.68. The van der Waals surface area contributed by atoms with Gasteiger partial charge in [-0.25, -0.2) is 22.4 Å². The molecule has 0 aliphatic carbocycles. The van der Waals surface area contributed by atoms with Gasteiger partial charge in [0.15, 0.2) is 0 Å². The highest BCUT2D eigenvalue weighted by Gasteiger charge is 2.28. The van der Waals surface area contributed by atoms with Crippen LogP contribution in [0, 0.1) is 0 Å². The van der Waals surface area contributed by atoms with Crippen LogP contribution in [-0.2, 0) is 6.54 Å². The molecular weight excluding hydrogens is 364 g/mol. The molecule has 5 nitrogen and oxygen atoms in total. The zero-order valence-corrected chi connectivity index (χ0v) is 11.7. The van der Waals surface area contributed by atoms with Gasteiger partial charge in [-0.15, -0.1) is 0 Å². The van der Waals surface area contributed by atoms with E-state index in [1.54, 1.807) is 0 Å². The van der Waals surface area contributed by atoms with E-state index in [0.717, 1.165) is 6.07 Å². The topological polar surface area (TPSA) is 68.3 Å². The van der Waals surface area contributed by atoms with Gasteiger partial charge in [0.05, 0.1) is 11.0 Å². The maximum atomic E-state index is 12.9. The minimum Gasteiger partial charge on any atom is -0.475 e. The Kier molecular flexibility index (Phi) is 4.35. The summed E-state index contributed by atoms with van der Waals surface area (Å²) in [5.74, 6) is -1.71. The summed E-state index contributed by atoms with van der Waals surface area (Å²) in [7, 11) is 0. The Hall–Kier alpha value is -1.84. The number of rotatable bonds is 5. The van der Waals surface area contributed by atoms with Gasteiger partial charge in [-0.3, -0.25) is 4.68 Å². The molecule has 0 fully saturated rings. The van der Waals surface area contributed by atoms with Gasteiger partial charge in [0.2, 0.25) is 5.76 Å². The molecule has 0 bridgehead atoms. The molecule has 0 aromatic carbocycles. The lowest BCUT2D eigenvalue weighted by molar-refractivity contribution is 0.0659. The third kappa shape index (κ3) is 3.09. The predicted molar refractivity (Wildman–Crippen MR) is 64.6 cm³/mol. The quantitative estimate of drug-likeness (QED) is 0.811. The first-order valence-corrected chi connectivity index (χ1v) is 6.25. The molecule has 2 heterocycles. The van der Waals surface area contributed by atoms with E-state index in [-0.39, 0.29) is 11.5 Å². The average molecular weight is 371 g/mol. The molecule has 2 aromatic rings. The van der Waals surface area contributed by atoms with Gasteiger partial charge in [0, 0.05) is 0 Å². The number of carboxylic acids is 1. The maximum absolute atomic E-state index is 12.9. The second kappa shape index (κ2) is 5.88. The van der Waals surface area contributed by atoms with E-state index in [9.17, 15) is 22.4 Å². The fourth-order valence-corrected chi connectivity index (χ4v) is 2.30. The van der Waals surface area contributed by atoms with Crippen molar-refractivity contribution in [3.63, 3.8) is 0 Å². The van der Waals surface area contributed by atoms with Crippen LogP contribution >= 0.6 is 15.9 Å². The van der Waals surface area contributed by atoms with Crippen molar-refractivity contribution in [3.8, 4) is 0 Å². The first kappa shape index (κ1) is 15.5. The third-order valence-electron chi connectivity index (χ3n) is 2.55. The van der Waals surface area contributed by atoms with Crippen LogP contribution in [0.25, 0.3) is 0 Å². The summed E-state index contributed by atoms with van der Waals surface area (Å²) < 4.78 is 56.3. The number of halogens is 5. The molecule has 0 atom stereocenters. The zero-order valence-electron chi connectivity index (χ0n) is 10.1. The summed E-state index contributed by atoms with van der Waals surface area (Å²) in [6.45, 7) is -0.391. The van der Waals surface area contributed by atoms with E-state index in [4.69, 9.17) is 9.52 Å². The number of hydrogen-bond acceptors (Lipinski definition) is 3. The van der Waals surface area contributed by atoms with Crippen molar-refractivity contribution in [1.82, 2.24) is 9.78 Å². The molecule has 0 aliphatic heterocycles. The Morgan fingerprint density at radius 3 is 2.48 bits per heavy atom. The highest BCUT2D eigenvalue weighted by atomic mass is 79.9. The average Bonchev–Trinajstić information content (AvgIpc) is 2.94. The minimum absolute atomic E-state index is 0.00474. The number of hydrogen-bond donors (Lipinski definition) is 1. The Morgan fingerprint density at radius 1 is 1.33 bits per heavy atom. The van der Waals surface area contributed by atoms with Gasteiger partial charge >= 0.3 is 5.97 Å². The Labute approximate surface area is 123 Å². The highest BCUT2D eigenvalue weighted by molar-refractivity contribution is 9.10. The smallest absolute Gasteiger partial charge is 0.371 e. The number of aromatic nitrogens is 2. The Morgan fingerprint density at radius 2 is 2.00 bits per heavy atom. The number of carbonyl (C=O) groups is 1. The largest absolute Gasteiger partial charge is 0.475 e. The van der Waals surface area contributed by atoms with Gasteiger partial charge in [0.1, 0.15) is 17.1 Å². The monoisotopic (exact) mass is 370 g/mol. The Balaban J connectivity index is 2.38. The lowest BCUT2D eigenvalue weighted by atomic mass is 10.3. The van der Waals surface area contributed by atoms with Crippen LogP contribution in [0.15, 0.2) is 21.0 Å². The minimum atomic E-state index is -3.03. The van der Waals surface area contributed by atoms with Crippen LogP contribution in [-0.4, -0.2) is 20.9 Å². The van der Waals surface area contributed by atoms with Crippen LogP contribution in [0.1, 0.15) is 40.6 Å². The number of aromatic carboxylic acids is 1. The molecular formula is C11H7BrF4N2O3.